The number of fused-ring (bicyclic) bond motifs is 2. The van der Waals surface area contributed by atoms with E-state index in [9.17, 15) is 0 Å². The van der Waals surface area contributed by atoms with Crippen LogP contribution in [0.1, 0.15) is 45.4 Å². The van der Waals surface area contributed by atoms with E-state index in [0.29, 0.717) is 5.41 Å². The lowest BCUT2D eigenvalue weighted by molar-refractivity contribution is 0.146. The number of rotatable bonds is 3. The van der Waals surface area contributed by atoms with Crippen molar-refractivity contribution >= 4 is 0 Å². The molecule has 3 rings (SSSR count). The van der Waals surface area contributed by atoms with Crippen molar-refractivity contribution in [2.75, 3.05) is 13.6 Å². The molecule has 2 saturated heterocycles. The molecule has 0 radical (unpaired) electrons. The van der Waals surface area contributed by atoms with Gasteiger partial charge in [0, 0.05) is 24.7 Å². The summed E-state index contributed by atoms with van der Waals surface area (Å²) in [5, 5.41) is 3.82. The predicted molar refractivity (Wildman–Crippen MR) is 62.9 cm³/mol. The second kappa shape index (κ2) is 3.46. The third-order valence-electron chi connectivity index (χ3n) is 5.02. The van der Waals surface area contributed by atoms with Gasteiger partial charge in [0.1, 0.15) is 0 Å². The van der Waals surface area contributed by atoms with Gasteiger partial charge in [-0.05, 0) is 51.0 Å². The Kier molecular flexibility index (Phi) is 2.33. The first-order valence-corrected chi connectivity index (χ1v) is 6.62. The van der Waals surface area contributed by atoms with E-state index in [1.165, 1.54) is 45.1 Å². The summed E-state index contributed by atoms with van der Waals surface area (Å²) in [5.41, 5.74) is 0.669. The zero-order valence-corrected chi connectivity index (χ0v) is 10.1. The third kappa shape index (κ3) is 1.94. The van der Waals surface area contributed by atoms with Crippen LogP contribution in [0.15, 0.2) is 0 Å². The number of hydrogen-bond donors (Lipinski definition) is 1. The molecule has 0 amide bonds. The second-order valence-corrected chi connectivity index (χ2v) is 6.41. The fourth-order valence-electron chi connectivity index (χ4n) is 3.36. The molecule has 2 aliphatic heterocycles. The lowest BCUT2D eigenvalue weighted by atomic mass is 9.97. The third-order valence-corrected chi connectivity index (χ3v) is 5.02. The quantitative estimate of drug-likeness (QED) is 0.763. The minimum Gasteiger partial charge on any atom is -0.313 e. The van der Waals surface area contributed by atoms with Crippen LogP contribution in [0.4, 0.5) is 0 Å². The van der Waals surface area contributed by atoms with Gasteiger partial charge in [-0.2, -0.15) is 0 Å². The van der Waals surface area contributed by atoms with E-state index >= 15 is 0 Å². The van der Waals surface area contributed by atoms with Gasteiger partial charge in [0.25, 0.3) is 0 Å². The van der Waals surface area contributed by atoms with Crippen LogP contribution in [0.5, 0.6) is 0 Å². The van der Waals surface area contributed by atoms with E-state index in [2.05, 4.69) is 24.2 Å². The molecule has 3 fully saturated rings. The first kappa shape index (κ1) is 10.1. The maximum absolute atomic E-state index is 3.82. The number of nitrogens with zero attached hydrogens (tertiary/aromatic N) is 1. The second-order valence-electron chi connectivity index (χ2n) is 6.41. The van der Waals surface area contributed by atoms with Crippen molar-refractivity contribution < 1.29 is 0 Å². The highest BCUT2D eigenvalue weighted by molar-refractivity contribution is 4.98. The summed E-state index contributed by atoms with van der Waals surface area (Å²) in [7, 11) is 2.32. The molecular formula is C13H24N2. The van der Waals surface area contributed by atoms with E-state index in [1.54, 1.807) is 0 Å². The van der Waals surface area contributed by atoms with Gasteiger partial charge in [0.05, 0.1) is 0 Å². The maximum Gasteiger partial charge on any atom is 0.0111 e. The maximum atomic E-state index is 3.82. The Morgan fingerprint density at radius 1 is 1.20 bits per heavy atom. The van der Waals surface area contributed by atoms with E-state index in [1.807, 2.05) is 0 Å². The Morgan fingerprint density at radius 3 is 2.33 bits per heavy atom. The standard InChI is InChI=1S/C13H24N2/c1-13(5-6-13)9-14-10-7-11-3-4-12(8-10)15(11)2/h10-12,14H,3-9H2,1-2H3. The van der Waals surface area contributed by atoms with Crippen molar-refractivity contribution in [1.29, 1.82) is 0 Å². The molecular weight excluding hydrogens is 184 g/mol. The van der Waals surface area contributed by atoms with Crippen molar-refractivity contribution in [3.8, 4) is 0 Å². The van der Waals surface area contributed by atoms with Crippen molar-refractivity contribution in [3.63, 3.8) is 0 Å². The molecule has 0 spiro atoms. The summed E-state index contributed by atoms with van der Waals surface area (Å²) in [5.74, 6) is 0. The number of piperidine rings is 1. The van der Waals surface area contributed by atoms with Crippen molar-refractivity contribution in [3.05, 3.63) is 0 Å². The molecule has 2 unspecified atom stereocenters. The van der Waals surface area contributed by atoms with E-state index < -0.39 is 0 Å². The van der Waals surface area contributed by atoms with Crippen LogP contribution >= 0.6 is 0 Å². The minimum atomic E-state index is 0.669. The van der Waals surface area contributed by atoms with Crippen molar-refractivity contribution in [1.82, 2.24) is 10.2 Å². The molecule has 2 heteroatoms. The predicted octanol–water partition coefficient (Wildman–Crippen LogP) is 2.00. The van der Waals surface area contributed by atoms with Crippen LogP contribution in [0.25, 0.3) is 0 Å². The van der Waals surface area contributed by atoms with Crippen LogP contribution in [0.3, 0.4) is 0 Å². The molecule has 0 aromatic heterocycles. The van der Waals surface area contributed by atoms with Crippen LogP contribution in [0.2, 0.25) is 0 Å². The highest BCUT2D eigenvalue weighted by Crippen LogP contribution is 2.44. The highest BCUT2D eigenvalue weighted by atomic mass is 15.2. The normalized spacial score (nSPS) is 43.2. The molecule has 15 heavy (non-hydrogen) atoms. The highest BCUT2D eigenvalue weighted by Gasteiger charge is 2.41. The lowest BCUT2D eigenvalue weighted by Crippen LogP contribution is -2.48. The summed E-state index contributed by atoms with van der Waals surface area (Å²) < 4.78 is 0. The Bertz CT molecular complexity index is 233. The average Bonchev–Trinajstić information content (AvgIpc) is 2.91. The smallest absolute Gasteiger partial charge is 0.0111 e. The van der Waals surface area contributed by atoms with Crippen LogP contribution in [-0.4, -0.2) is 36.6 Å². The summed E-state index contributed by atoms with van der Waals surface area (Å²) in [4.78, 5) is 2.62. The number of nitrogens with one attached hydrogen (secondary N) is 1. The van der Waals surface area contributed by atoms with Gasteiger partial charge in [0.15, 0.2) is 0 Å². The topological polar surface area (TPSA) is 15.3 Å². The van der Waals surface area contributed by atoms with Crippen LogP contribution < -0.4 is 5.32 Å². The first-order valence-electron chi connectivity index (χ1n) is 6.62. The zero-order valence-electron chi connectivity index (χ0n) is 10.1. The monoisotopic (exact) mass is 208 g/mol. The Labute approximate surface area is 93.4 Å². The molecule has 2 nitrogen and oxygen atoms in total. The molecule has 1 saturated carbocycles. The van der Waals surface area contributed by atoms with Gasteiger partial charge < -0.3 is 10.2 Å². The molecule has 0 aromatic rings. The van der Waals surface area contributed by atoms with E-state index in [-0.39, 0.29) is 0 Å². The minimum absolute atomic E-state index is 0.669. The first-order chi connectivity index (χ1) is 7.16. The largest absolute Gasteiger partial charge is 0.313 e. The summed E-state index contributed by atoms with van der Waals surface area (Å²) >= 11 is 0. The van der Waals surface area contributed by atoms with E-state index in [0.717, 1.165) is 18.1 Å². The molecule has 2 heterocycles. The summed E-state index contributed by atoms with van der Waals surface area (Å²) in [6, 6.07) is 2.58. The van der Waals surface area contributed by atoms with Crippen LogP contribution in [0, 0.1) is 5.41 Å². The number of hydrogen-bond acceptors (Lipinski definition) is 2. The molecule has 2 atom stereocenters. The Morgan fingerprint density at radius 2 is 1.80 bits per heavy atom. The van der Waals surface area contributed by atoms with Gasteiger partial charge >= 0.3 is 0 Å². The SMILES string of the molecule is CN1C2CCC1CC(NCC1(C)CC1)C2. The van der Waals surface area contributed by atoms with Crippen LogP contribution in [-0.2, 0) is 0 Å². The van der Waals surface area contributed by atoms with Gasteiger partial charge in [-0.25, -0.2) is 0 Å². The molecule has 1 N–H and O–H groups in total. The van der Waals surface area contributed by atoms with Gasteiger partial charge in [-0.3, -0.25) is 0 Å². The Hall–Kier alpha value is -0.0800. The zero-order chi connectivity index (χ0) is 10.5. The fourth-order valence-corrected chi connectivity index (χ4v) is 3.36. The van der Waals surface area contributed by atoms with Gasteiger partial charge in [-0.1, -0.05) is 6.92 Å². The fraction of sp³-hybridized carbons (Fsp3) is 1.00. The molecule has 3 aliphatic rings. The molecule has 86 valence electrons. The van der Waals surface area contributed by atoms with Crippen molar-refractivity contribution in [2.24, 2.45) is 5.41 Å². The molecule has 2 bridgehead atoms. The van der Waals surface area contributed by atoms with E-state index in [4.69, 9.17) is 0 Å². The lowest BCUT2D eigenvalue weighted by Gasteiger charge is -2.37. The average molecular weight is 208 g/mol. The molecule has 0 aromatic carbocycles. The molecule has 1 aliphatic carbocycles. The van der Waals surface area contributed by atoms with Gasteiger partial charge in [0.2, 0.25) is 0 Å². The Balaban J connectivity index is 1.52. The van der Waals surface area contributed by atoms with Gasteiger partial charge in [-0.15, -0.1) is 0 Å². The summed E-state index contributed by atoms with van der Waals surface area (Å²) in [6.45, 7) is 3.68. The van der Waals surface area contributed by atoms with Crippen molar-refractivity contribution in [2.45, 2.75) is 63.6 Å². The summed E-state index contributed by atoms with van der Waals surface area (Å²) in [6.07, 6.45) is 8.55.